The molecule has 0 amide bonds. The maximum atomic E-state index is 4.72. The van der Waals surface area contributed by atoms with Gasteiger partial charge in [0.15, 0.2) is 0 Å². The molecule has 0 bridgehead atoms. The van der Waals surface area contributed by atoms with Crippen molar-refractivity contribution in [1.29, 1.82) is 0 Å². The van der Waals surface area contributed by atoms with Crippen LogP contribution in [-0.2, 0) is 12.8 Å². The van der Waals surface area contributed by atoms with Gasteiger partial charge in [-0.15, -0.1) is 11.3 Å². The molecule has 23 heavy (non-hydrogen) atoms. The molecule has 1 saturated heterocycles. The topological polar surface area (TPSA) is 33.5 Å². The first kappa shape index (κ1) is 15.3. The van der Waals surface area contributed by atoms with Crippen molar-refractivity contribution in [3.05, 3.63) is 16.8 Å². The smallest absolute Gasteiger partial charge is 0.141 e. The number of rotatable bonds is 2. The van der Waals surface area contributed by atoms with Crippen LogP contribution in [-0.4, -0.2) is 43.2 Å². The van der Waals surface area contributed by atoms with Crippen LogP contribution in [0.4, 0.5) is 5.82 Å². The quantitative estimate of drug-likeness (QED) is 0.913. The van der Waals surface area contributed by atoms with E-state index in [2.05, 4.69) is 30.9 Å². The minimum Gasteiger partial charge on any atom is -0.356 e. The van der Waals surface area contributed by atoms with Crippen LogP contribution in [0.15, 0.2) is 6.33 Å². The van der Waals surface area contributed by atoms with Gasteiger partial charge in [0.25, 0.3) is 0 Å². The summed E-state index contributed by atoms with van der Waals surface area (Å²) in [6, 6.07) is 0.620. The number of likely N-dealkylation sites (tertiary alicyclic amines) is 1. The zero-order valence-corrected chi connectivity index (χ0v) is 15.2. The molecular formula is C18H27N4S+. The molecule has 124 valence electrons. The Morgan fingerprint density at radius 3 is 2.78 bits per heavy atom. The first-order valence-electron chi connectivity index (χ1n) is 8.93. The molecule has 1 aliphatic heterocycles. The van der Waals surface area contributed by atoms with Crippen LogP contribution in [0.5, 0.6) is 0 Å². The Hall–Kier alpha value is -1.20. The fourth-order valence-electron chi connectivity index (χ4n) is 4.18. The number of hydrogen-bond acceptors (Lipinski definition) is 4. The summed E-state index contributed by atoms with van der Waals surface area (Å²) in [5, 5.41) is 1.35. The molecule has 0 saturated carbocycles. The number of aromatic nitrogens is 2. The summed E-state index contributed by atoms with van der Waals surface area (Å²) in [5.41, 5.74) is 1.55. The van der Waals surface area contributed by atoms with E-state index in [1.54, 1.807) is 21.7 Å². The summed E-state index contributed by atoms with van der Waals surface area (Å²) in [6.07, 6.45) is 8.00. The first-order chi connectivity index (χ1) is 11.1. The van der Waals surface area contributed by atoms with Crippen LogP contribution in [0.25, 0.3) is 10.2 Å². The number of anilines is 1. The highest BCUT2D eigenvalue weighted by atomic mass is 32.1. The molecule has 2 aromatic rings. The van der Waals surface area contributed by atoms with Gasteiger partial charge in [0.2, 0.25) is 0 Å². The van der Waals surface area contributed by atoms with Gasteiger partial charge in [-0.25, -0.2) is 9.97 Å². The average molecular weight is 332 g/mol. The fourth-order valence-corrected chi connectivity index (χ4v) is 5.53. The van der Waals surface area contributed by atoms with E-state index in [0.717, 1.165) is 5.92 Å². The zero-order valence-electron chi connectivity index (χ0n) is 14.4. The van der Waals surface area contributed by atoms with Gasteiger partial charge in [-0.1, -0.05) is 6.92 Å². The normalized spacial score (nSPS) is 27.9. The Balaban J connectivity index is 1.72. The van der Waals surface area contributed by atoms with Crippen molar-refractivity contribution >= 4 is 27.4 Å². The van der Waals surface area contributed by atoms with Gasteiger partial charge in [0, 0.05) is 30.8 Å². The lowest BCUT2D eigenvalue weighted by Crippen LogP contribution is -3.10. The molecule has 1 atom stereocenters. The average Bonchev–Trinajstić information content (AvgIpc) is 2.92. The van der Waals surface area contributed by atoms with Crippen molar-refractivity contribution in [2.75, 3.05) is 32.1 Å². The molecule has 3 heterocycles. The summed E-state index contributed by atoms with van der Waals surface area (Å²) < 4.78 is 0. The van der Waals surface area contributed by atoms with Gasteiger partial charge in [-0.2, -0.15) is 0 Å². The molecule has 0 radical (unpaired) electrons. The lowest BCUT2D eigenvalue weighted by Gasteiger charge is -2.34. The first-order valence-corrected chi connectivity index (χ1v) is 9.74. The van der Waals surface area contributed by atoms with Gasteiger partial charge >= 0.3 is 0 Å². The maximum absolute atomic E-state index is 4.72. The Bertz CT molecular complexity index is 702. The van der Waals surface area contributed by atoms with Crippen LogP contribution in [0.2, 0.25) is 0 Å². The van der Waals surface area contributed by atoms with Gasteiger partial charge in [-0.3, -0.25) is 0 Å². The van der Waals surface area contributed by atoms with E-state index in [1.165, 1.54) is 61.2 Å². The van der Waals surface area contributed by atoms with Crippen LogP contribution in [0, 0.1) is 5.92 Å². The predicted molar refractivity (Wildman–Crippen MR) is 96.6 cm³/mol. The summed E-state index contributed by atoms with van der Waals surface area (Å²) >= 11 is 1.90. The van der Waals surface area contributed by atoms with Crippen molar-refractivity contribution in [2.24, 2.45) is 5.92 Å². The van der Waals surface area contributed by atoms with Gasteiger partial charge in [-0.05, 0) is 30.7 Å². The van der Waals surface area contributed by atoms with Crippen LogP contribution in [0.1, 0.15) is 36.6 Å². The Morgan fingerprint density at radius 2 is 2.00 bits per heavy atom. The number of fused-ring (bicyclic) bond motifs is 3. The number of aryl methyl sites for hydroxylation is 1. The molecule has 2 aromatic heterocycles. The van der Waals surface area contributed by atoms with E-state index in [9.17, 15) is 0 Å². The number of piperidine rings is 1. The van der Waals surface area contributed by atoms with Crippen molar-refractivity contribution in [2.45, 2.75) is 45.1 Å². The van der Waals surface area contributed by atoms with Crippen molar-refractivity contribution < 1.29 is 4.90 Å². The fraction of sp³-hybridized carbons (Fsp3) is 0.667. The molecule has 0 aromatic carbocycles. The Morgan fingerprint density at radius 1 is 1.22 bits per heavy atom. The molecule has 4 nitrogen and oxygen atoms in total. The third-order valence-electron chi connectivity index (χ3n) is 5.76. The molecule has 1 fully saturated rings. The lowest BCUT2D eigenvalue weighted by atomic mass is 9.89. The number of nitrogens with zero attached hydrogens (tertiary/aromatic N) is 3. The highest BCUT2D eigenvalue weighted by Gasteiger charge is 2.28. The third kappa shape index (κ3) is 2.74. The Labute approximate surface area is 142 Å². The number of hydrogen-bond donors (Lipinski definition) is 1. The molecule has 5 heteroatoms. The van der Waals surface area contributed by atoms with E-state index in [4.69, 9.17) is 4.98 Å². The zero-order chi connectivity index (χ0) is 16.0. The summed E-state index contributed by atoms with van der Waals surface area (Å²) in [4.78, 5) is 16.2. The number of nitrogens with one attached hydrogen (secondary N) is 1. The third-order valence-corrected chi connectivity index (χ3v) is 6.92. The minimum atomic E-state index is 0.620. The molecule has 0 spiro atoms. The van der Waals surface area contributed by atoms with E-state index >= 15 is 0 Å². The lowest BCUT2D eigenvalue weighted by molar-refractivity contribution is -0.884. The Kier molecular flexibility index (Phi) is 4.01. The van der Waals surface area contributed by atoms with E-state index < -0.39 is 0 Å². The summed E-state index contributed by atoms with van der Waals surface area (Å²) in [7, 11) is 4.54. The molecule has 4 rings (SSSR count). The van der Waals surface area contributed by atoms with Crippen LogP contribution >= 0.6 is 11.3 Å². The van der Waals surface area contributed by atoms with E-state index in [1.807, 2.05) is 11.3 Å². The second-order valence-corrected chi connectivity index (χ2v) is 8.61. The van der Waals surface area contributed by atoms with Gasteiger partial charge < -0.3 is 9.80 Å². The minimum absolute atomic E-state index is 0.620. The predicted octanol–water partition coefficient (Wildman–Crippen LogP) is 1.93. The molecule has 0 unspecified atom stereocenters. The second kappa shape index (κ2) is 6.02. The van der Waals surface area contributed by atoms with Crippen molar-refractivity contribution in [1.82, 2.24) is 9.97 Å². The van der Waals surface area contributed by atoms with Gasteiger partial charge in [0.05, 0.1) is 25.5 Å². The molecule has 1 aliphatic carbocycles. The van der Waals surface area contributed by atoms with Crippen molar-refractivity contribution in [3.63, 3.8) is 0 Å². The highest BCUT2D eigenvalue weighted by Crippen LogP contribution is 2.40. The summed E-state index contributed by atoms with van der Waals surface area (Å²) in [6.45, 7) is 4.90. The molecule has 2 aliphatic rings. The second-order valence-electron chi connectivity index (χ2n) is 7.53. The SMILES string of the molecule is C[C@H]1CCc2c(sc3ncnc(N(C)C4CC[NH+](C)CC4)c23)C1. The number of thiophene rings is 1. The van der Waals surface area contributed by atoms with Gasteiger partial charge in [0.1, 0.15) is 17.0 Å². The van der Waals surface area contributed by atoms with Crippen LogP contribution in [0.3, 0.4) is 0 Å². The largest absolute Gasteiger partial charge is 0.356 e. The molecule has 1 N–H and O–H groups in total. The van der Waals surface area contributed by atoms with E-state index in [0.29, 0.717) is 6.04 Å². The standard InChI is InChI=1S/C18H26N4S/c1-12-4-5-14-15(10-12)23-18-16(14)17(19-11-20-18)22(3)13-6-8-21(2)9-7-13/h11-13H,4-10H2,1-3H3/p+1/t12-/m0/s1. The monoisotopic (exact) mass is 331 g/mol. The maximum Gasteiger partial charge on any atom is 0.141 e. The summed E-state index contributed by atoms with van der Waals surface area (Å²) in [5.74, 6) is 1.98. The van der Waals surface area contributed by atoms with Crippen LogP contribution < -0.4 is 9.80 Å². The van der Waals surface area contributed by atoms with Crippen molar-refractivity contribution in [3.8, 4) is 0 Å². The van der Waals surface area contributed by atoms with E-state index in [-0.39, 0.29) is 0 Å². The number of quaternary nitrogens is 1. The molecular weight excluding hydrogens is 304 g/mol. The highest BCUT2D eigenvalue weighted by molar-refractivity contribution is 7.19.